The largest absolute Gasteiger partial charge is 0.506 e. The Bertz CT molecular complexity index is 1110. The van der Waals surface area contributed by atoms with E-state index in [9.17, 15) is 9.90 Å². The standard InChI is InChI=1S/C20H17Cl2N3O3S2/c21-13-7-12(19(27)15(22)8-13)10-23-14-1-2-16-17(9-14)30-20(24-16)29-11-18(26)25-3-5-28-6-4-25/h1-2,7-10,27H,3-6,11H2. The predicted molar refractivity (Wildman–Crippen MR) is 123 cm³/mol. The van der Waals surface area contributed by atoms with Gasteiger partial charge in [0.05, 0.1) is 39.9 Å². The molecule has 6 nitrogen and oxygen atoms in total. The Kier molecular flexibility index (Phi) is 6.80. The summed E-state index contributed by atoms with van der Waals surface area (Å²) in [5, 5.41) is 10.6. The van der Waals surface area contributed by atoms with Gasteiger partial charge in [-0.25, -0.2) is 4.98 Å². The van der Waals surface area contributed by atoms with Crippen molar-refractivity contribution in [3.8, 4) is 5.75 Å². The zero-order chi connectivity index (χ0) is 21.1. The van der Waals surface area contributed by atoms with E-state index < -0.39 is 0 Å². The first-order valence-corrected chi connectivity index (χ1v) is 11.7. The number of hydrogen-bond donors (Lipinski definition) is 1. The van der Waals surface area contributed by atoms with Gasteiger partial charge in [-0.3, -0.25) is 9.79 Å². The van der Waals surface area contributed by atoms with Crippen LogP contribution >= 0.6 is 46.3 Å². The molecule has 3 aromatic rings. The second kappa shape index (κ2) is 9.53. The summed E-state index contributed by atoms with van der Waals surface area (Å²) in [6.45, 7) is 2.49. The molecule has 0 atom stereocenters. The number of halogens is 2. The molecule has 1 saturated heterocycles. The summed E-state index contributed by atoms with van der Waals surface area (Å²) in [5.41, 5.74) is 2.01. The van der Waals surface area contributed by atoms with Crippen molar-refractivity contribution in [3.63, 3.8) is 0 Å². The molecule has 10 heteroatoms. The maximum atomic E-state index is 12.3. The van der Waals surface area contributed by atoms with Crippen molar-refractivity contribution in [2.45, 2.75) is 4.34 Å². The Morgan fingerprint density at radius 3 is 2.90 bits per heavy atom. The smallest absolute Gasteiger partial charge is 0.233 e. The van der Waals surface area contributed by atoms with Crippen molar-refractivity contribution in [2.24, 2.45) is 4.99 Å². The lowest BCUT2D eigenvalue weighted by molar-refractivity contribution is -0.132. The summed E-state index contributed by atoms with van der Waals surface area (Å²) >= 11 is 14.9. The van der Waals surface area contributed by atoms with E-state index in [1.165, 1.54) is 35.4 Å². The Morgan fingerprint density at radius 1 is 1.30 bits per heavy atom. The highest BCUT2D eigenvalue weighted by molar-refractivity contribution is 8.01. The number of carbonyl (C=O) groups excluding carboxylic acids is 1. The van der Waals surface area contributed by atoms with Gasteiger partial charge in [0.25, 0.3) is 0 Å². The molecule has 30 heavy (non-hydrogen) atoms. The van der Waals surface area contributed by atoms with Gasteiger partial charge in [0, 0.05) is 29.9 Å². The summed E-state index contributed by atoms with van der Waals surface area (Å²) in [7, 11) is 0. The van der Waals surface area contributed by atoms with Crippen LogP contribution in [0.3, 0.4) is 0 Å². The summed E-state index contributed by atoms with van der Waals surface area (Å²) in [6, 6.07) is 8.71. The Balaban J connectivity index is 1.45. The third-order valence-corrected chi connectivity index (χ3v) is 7.10. The van der Waals surface area contributed by atoms with Crippen LogP contribution in [0.1, 0.15) is 5.56 Å². The first kappa shape index (κ1) is 21.4. The summed E-state index contributed by atoms with van der Waals surface area (Å²) < 4.78 is 7.09. The molecule has 2 aromatic carbocycles. The number of aromatic nitrogens is 1. The van der Waals surface area contributed by atoms with E-state index in [2.05, 4.69) is 9.98 Å². The van der Waals surface area contributed by atoms with Gasteiger partial charge in [0.2, 0.25) is 5.91 Å². The van der Waals surface area contributed by atoms with Gasteiger partial charge in [-0.1, -0.05) is 35.0 Å². The van der Waals surface area contributed by atoms with Crippen LogP contribution in [0, 0.1) is 0 Å². The van der Waals surface area contributed by atoms with E-state index in [0.717, 1.165) is 14.6 Å². The number of morpholine rings is 1. The number of benzene rings is 2. The summed E-state index contributed by atoms with van der Waals surface area (Å²) in [5.74, 6) is 0.403. The van der Waals surface area contributed by atoms with E-state index in [-0.39, 0.29) is 16.7 Å². The van der Waals surface area contributed by atoms with Crippen molar-refractivity contribution < 1.29 is 14.6 Å². The number of rotatable bonds is 5. The van der Waals surface area contributed by atoms with Crippen LogP contribution in [-0.2, 0) is 9.53 Å². The minimum atomic E-state index is -0.0627. The molecule has 1 amide bonds. The van der Waals surface area contributed by atoms with Gasteiger partial charge in [-0.15, -0.1) is 11.3 Å². The fourth-order valence-electron chi connectivity index (χ4n) is 2.89. The monoisotopic (exact) mass is 481 g/mol. The third kappa shape index (κ3) is 5.07. The molecule has 1 N–H and O–H groups in total. The van der Waals surface area contributed by atoms with Crippen LogP contribution in [0.15, 0.2) is 39.7 Å². The second-order valence-corrected chi connectivity index (χ2v) is 9.59. The van der Waals surface area contributed by atoms with Crippen LogP contribution in [-0.4, -0.2) is 59.2 Å². The average molecular weight is 482 g/mol. The van der Waals surface area contributed by atoms with E-state index in [4.69, 9.17) is 27.9 Å². The van der Waals surface area contributed by atoms with Crippen LogP contribution in [0.4, 0.5) is 5.69 Å². The molecule has 0 bridgehead atoms. The van der Waals surface area contributed by atoms with E-state index in [0.29, 0.717) is 48.3 Å². The molecule has 1 aromatic heterocycles. The number of thiazole rings is 1. The van der Waals surface area contributed by atoms with E-state index in [1.807, 2.05) is 23.1 Å². The molecule has 2 heterocycles. The lowest BCUT2D eigenvalue weighted by Crippen LogP contribution is -2.41. The predicted octanol–water partition coefficient (Wildman–Crippen LogP) is 5.01. The maximum absolute atomic E-state index is 12.3. The maximum Gasteiger partial charge on any atom is 0.233 e. The average Bonchev–Trinajstić information content (AvgIpc) is 3.16. The zero-order valence-electron chi connectivity index (χ0n) is 15.7. The number of nitrogens with zero attached hydrogens (tertiary/aromatic N) is 3. The van der Waals surface area contributed by atoms with Gasteiger partial charge in [0.1, 0.15) is 5.75 Å². The van der Waals surface area contributed by atoms with Crippen molar-refractivity contribution in [1.29, 1.82) is 0 Å². The van der Waals surface area contributed by atoms with Crippen molar-refractivity contribution in [2.75, 3.05) is 32.1 Å². The molecule has 156 valence electrons. The van der Waals surface area contributed by atoms with Crippen molar-refractivity contribution >= 4 is 74.3 Å². The van der Waals surface area contributed by atoms with Gasteiger partial charge >= 0.3 is 0 Å². The molecular weight excluding hydrogens is 465 g/mol. The number of phenols is 1. The minimum absolute atomic E-state index is 0.0627. The lowest BCUT2D eigenvalue weighted by Gasteiger charge is -2.26. The van der Waals surface area contributed by atoms with Crippen molar-refractivity contribution in [1.82, 2.24) is 9.88 Å². The van der Waals surface area contributed by atoms with E-state index in [1.54, 1.807) is 6.07 Å². The second-order valence-electron chi connectivity index (χ2n) is 6.50. The Hall–Kier alpha value is -1.84. The van der Waals surface area contributed by atoms with Gasteiger partial charge in [-0.2, -0.15) is 0 Å². The number of carbonyl (C=O) groups is 1. The van der Waals surface area contributed by atoms with Crippen LogP contribution in [0.5, 0.6) is 5.75 Å². The third-order valence-electron chi connectivity index (χ3n) is 4.45. The minimum Gasteiger partial charge on any atom is -0.506 e. The van der Waals surface area contributed by atoms with Gasteiger partial charge in [-0.05, 0) is 30.3 Å². The van der Waals surface area contributed by atoms with Crippen LogP contribution < -0.4 is 0 Å². The molecule has 1 fully saturated rings. The first-order chi connectivity index (χ1) is 14.5. The summed E-state index contributed by atoms with van der Waals surface area (Å²) in [4.78, 5) is 23.1. The number of thioether (sulfide) groups is 1. The fourth-order valence-corrected chi connectivity index (χ4v) is 5.40. The molecule has 0 aliphatic carbocycles. The fraction of sp³-hybridized carbons (Fsp3) is 0.250. The molecule has 1 aliphatic heterocycles. The number of aromatic hydroxyl groups is 1. The number of aliphatic imine (C=N–C) groups is 1. The SMILES string of the molecule is O=C(CSc1nc2ccc(N=Cc3cc(Cl)cc(Cl)c3O)cc2s1)N1CCOCC1. The number of ether oxygens (including phenoxy) is 1. The normalized spacial score (nSPS) is 14.7. The van der Waals surface area contributed by atoms with Gasteiger partial charge < -0.3 is 14.7 Å². The Labute approximate surface area is 191 Å². The summed E-state index contributed by atoms with van der Waals surface area (Å²) in [6.07, 6.45) is 1.52. The van der Waals surface area contributed by atoms with Gasteiger partial charge in [0.15, 0.2) is 4.34 Å². The van der Waals surface area contributed by atoms with Crippen LogP contribution in [0.25, 0.3) is 10.2 Å². The number of phenolic OH excluding ortho intramolecular Hbond substituents is 1. The topological polar surface area (TPSA) is 75.0 Å². The highest BCUT2D eigenvalue weighted by atomic mass is 35.5. The lowest BCUT2D eigenvalue weighted by atomic mass is 10.2. The molecular formula is C20H17Cl2N3O3S2. The van der Waals surface area contributed by atoms with Crippen molar-refractivity contribution in [3.05, 3.63) is 45.9 Å². The highest BCUT2D eigenvalue weighted by Crippen LogP contribution is 2.33. The zero-order valence-corrected chi connectivity index (χ0v) is 18.8. The molecule has 0 radical (unpaired) electrons. The quantitative estimate of drug-likeness (QED) is 0.409. The number of fused-ring (bicyclic) bond motifs is 1. The molecule has 1 aliphatic rings. The Morgan fingerprint density at radius 2 is 2.10 bits per heavy atom. The first-order valence-electron chi connectivity index (χ1n) is 9.10. The molecule has 0 saturated carbocycles. The molecule has 0 spiro atoms. The highest BCUT2D eigenvalue weighted by Gasteiger charge is 2.17. The van der Waals surface area contributed by atoms with E-state index >= 15 is 0 Å². The van der Waals surface area contributed by atoms with Crippen LogP contribution in [0.2, 0.25) is 10.0 Å². The molecule has 4 rings (SSSR count). The number of hydrogen-bond acceptors (Lipinski definition) is 7. The molecule has 0 unspecified atom stereocenters. The number of amides is 1.